The van der Waals surface area contributed by atoms with Crippen molar-refractivity contribution >= 4 is 42.0 Å². The Balaban J connectivity index is 3.00. The Morgan fingerprint density at radius 3 is 2.36 bits per heavy atom. The van der Waals surface area contributed by atoms with Gasteiger partial charge in [-0.25, -0.2) is 0 Å². The van der Waals surface area contributed by atoms with Gasteiger partial charge in [-0.05, 0) is 0 Å². The van der Waals surface area contributed by atoms with Gasteiger partial charge in [-0.2, -0.15) is 0 Å². The van der Waals surface area contributed by atoms with E-state index in [9.17, 15) is 4.79 Å². The van der Waals surface area contributed by atoms with Crippen molar-refractivity contribution in [3.63, 3.8) is 0 Å². The van der Waals surface area contributed by atoms with Crippen LogP contribution in [0.15, 0.2) is 30.3 Å². The molecule has 0 saturated heterocycles. The zero-order valence-electron chi connectivity index (χ0n) is 7.82. The number of carbonyl (C=O) groups excluding carboxylic acids is 1. The summed E-state index contributed by atoms with van der Waals surface area (Å²) in [6.07, 6.45) is 1.58. The molecule has 0 heterocycles. The van der Waals surface area contributed by atoms with E-state index >= 15 is 0 Å². The summed E-state index contributed by atoms with van der Waals surface area (Å²) in [5, 5.41) is 0. The van der Waals surface area contributed by atoms with Gasteiger partial charge in [0.05, 0.1) is 0 Å². The van der Waals surface area contributed by atoms with Gasteiger partial charge in [0.25, 0.3) is 0 Å². The van der Waals surface area contributed by atoms with Crippen molar-refractivity contribution in [2.45, 2.75) is 18.2 Å². The standard InChI is InChI=1S/C10H12Cl2OSe/c1-2-9(8-13)14(11,12)10-6-4-3-5-7-10/h3-9H,2H2,1H3. The normalized spacial score (nSPS) is 14.8. The molecule has 4 heteroatoms. The van der Waals surface area contributed by atoms with E-state index in [1.807, 2.05) is 37.3 Å². The first-order valence-corrected chi connectivity index (χ1v) is 10.7. The number of hydrogen-bond donors (Lipinski definition) is 0. The fourth-order valence-corrected chi connectivity index (χ4v) is 6.96. The van der Waals surface area contributed by atoms with Gasteiger partial charge in [0.1, 0.15) is 0 Å². The molecule has 1 aromatic rings. The number of hydrogen-bond acceptors (Lipinski definition) is 1. The second-order valence-corrected chi connectivity index (χ2v) is 13.2. The maximum atomic E-state index is 10.8. The minimum absolute atomic E-state index is 0.211. The first kappa shape index (κ1) is 12.1. The molecule has 0 radical (unpaired) electrons. The summed E-state index contributed by atoms with van der Waals surface area (Å²) < 4.78 is 0.922. The van der Waals surface area contributed by atoms with Crippen LogP contribution in [-0.2, 0) is 4.79 Å². The molecule has 1 nitrogen and oxygen atoms in total. The van der Waals surface area contributed by atoms with Gasteiger partial charge in [-0.3, -0.25) is 0 Å². The number of halogens is 2. The molecule has 0 amide bonds. The van der Waals surface area contributed by atoms with Crippen LogP contribution in [0.1, 0.15) is 13.3 Å². The van der Waals surface area contributed by atoms with E-state index in [0.717, 1.165) is 10.7 Å². The van der Waals surface area contributed by atoms with Crippen molar-refractivity contribution < 1.29 is 4.79 Å². The molecule has 1 aromatic carbocycles. The van der Waals surface area contributed by atoms with Crippen LogP contribution >= 0.6 is 20.2 Å². The average molecular weight is 298 g/mol. The molecule has 1 rings (SSSR count). The molecule has 0 N–H and O–H groups in total. The molecule has 0 saturated carbocycles. The van der Waals surface area contributed by atoms with E-state index < -0.39 is 11.0 Å². The van der Waals surface area contributed by atoms with E-state index in [4.69, 9.17) is 20.2 Å². The molecule has 0 aliphatic rings. The fourth-order valence-electron chi connectivity index (χ4n) is 1.15. The second-order valence-electron chi connectivity index (χ2n) is 2.90. The Labute approximate surface area is 95.1 Å². The third kappa shape index (κ3) is 2.52. The first-order chi connectivity index (χ1) is 6.62. The van der Waals surface area contributed by atoms with Gasteiger partial charge < -0.3 is 0 Å². The van der Waals surface area contributed by atoms with Crippen LogP contribution in [0.5, 0.6) is 0 Å². The van der Waals surface area contributed by atoms with Gasteiger partial charge in [-0.15, -0.1) is 0 Å². The Morgan fingerprint density at radius 1 is 1.36 bits per heavy atom. The number of carbonyl (C=O) groups is 1. The van der Waals surface area contributed by atoms with Crippen molar-refractivity contribution in [2.24, 2.45) is 0 Å². The Morgan fingerprint density at radius 2 is 1.93 bits per heavy atom. The van der Waals surface area contributed by atoms with E-state index in [1.54, 1.807) is 0 Å². The van der Waals surface area contributed by atoms with E-state index in [1.165, 1.54) is 0 Å². The Bertz CT molecular complexity index is 300. The monoisotopic (exact) mass is 298 g/mol. The summed E-state index contributed by atoms with van der Waals surface area (Å²) in [6, 6.07) is 9.48. The topological polar surface area (TPSA) is 17.1 Å². The van der Waals surface area contributed by atoms with Gasteiger partial charge in [0, 0.05) is 0 Å². The molecule has 78 valence electrons. The first-order valence-electron chi connectivity index (χ1n) is 4.34. The second kappa shape index (κ2) is 5.18. The van der Waals surface area contributed by atoms with Crippen molar-refractivity contribution in [3.8, 4) is 0 Å². The number of benzene rings is 1. The van der Waals surface area contributed by atoms with Crippen LogP contribution in [0.2, 0.25) is 4.82 Å². The molecular weight excluding hydrogens is 286 g/mol. The van der Waals surface area contributed by atoms with Crippen LogP contribution in [0, 0.1) is 0 Å². The number of aldehydes is 1. The molecule has 0 fully saturated rings. The van der Waals surface area contributed by atoms with Crippen molar-refractivity contribution in [3.05, 3.63) is 30.3 Å². The molecular formula is C10H12Cl2OSe. The molecule has 1 atom stereocenters. The molecule has 0 bridgehead atoms. The van der Waals surface area contributed by atoms with Crippen molar-refractivity contribution in [1.82, 2.24) is 0 Å². The molecule has 1 unspecified atom stereocenters. The number of rotatable bonds is 4. The van der Waals surface area contributed by atoms with Crippen LogP contribution in [0.25, 0.3) is 0 Å². The molecule has 0 aliphatic carbocycles. The van der Waals surface area contributed by atoms with E-state index in [2.05, 4.69) is 0 Å². The predicted molar refractivity (Wildman–Crippen MR) is 63.6 cm³/mol. The van der Waals surface area contributed by atoms with E-state index in [0.29, 0.717) is 6.42 Å². The molecule has 14 heavy (non-hydrogen) atoms. The molecule has 0 spiro atoms. The van der Waals surface area contributed by atoms with Crippen LogP contribution in [0.4, 0.5) is 0 Å². The SMILES string of the molecule is CCC(C=O)[Se](Cl)(Cl)c1ccccc1. The zero-order valence-corrected chi connectivity index (χ0v) is 11.0. The molecule has 0 aromatic heterocycles. The van der Waals surface area contributed by atoms with Crippen LogP contribution < -0.4 is 4.46 Å². The third-order valence-corrected chi connectivity index (χ3v) is 10.6. The predicted octanol–water partition coefficient (Wildman–Crippen LogP) is 2.79. The zero-order chi connectivity index (χ0) is 10.6. The summed E-state index contributed by atoms with van der Waals surface area (Å²) in [6.45, 7) is 1.93. The molecule has 0 aliphatic heterocycles. The summed E-state index contributed by atoms with van der Waals surface area (Å²) in [4.78, 5) is 10.6. The van der Waals surface area contributed by atoms with Gasteiger partial charge in [0.15, 0.2) is 0 Å². The summed E-state index contributed by atoms with van der Waals surface area (Å²) >= 11 is -2.82. The average Bonchev–Trinajstić information content (AvgIpc) is 2.20. The fraction of sp³-hybridized carbons (Fsp3) is 0.300. The summed E-state index contributed by atoms with van der Waals surface area (Å²) in [7, 11) is 12.6. The van der Waals surface area contributed by atoms with Gasteiger partial charge in [-0.1, -0.05) is 0 Å². The third-order valence-electron chi connectivity index (χ3n) is 1.99. The summed E-state index contributed by atoms with van der Waals surface area (Å²) in [5.74, 6) is 0. The van der Waals surface area contributed by atoms with Gasteiger partial charge in [0.2, 0.25) is 0 Å². The van der Waals surface area contributed by atoms with Crippen LogP contribution in [-0.4, -0.2) is 17.3 Å². The van der Waals surface area contributed by atoms with Crippen LogP contribution in [0.3, 0.4) is 0 Å². The van der Waals surface area contributed by atoms with Gasteiger partial charge >= 0.3 is 95.3 Å². The minimum atomic E-state index is -2.82. The van der Waals surface area contributed by atoms with Crippen molar-refractivity contribution in [2.75, 3.05) is 0 Å². The van der Waals surface area contributed by atoms with E-state index in [-0.39, 0.29) is 4.82 Å². The Kier molecular flexibility index (Phi) is 4.46. The maximum absolute atomic E-state index is 10.8. The van der Waals surface area contributed by atoms with Crippen molar-refractivity contribution in [1.29, 1.82) is 0 Å². The summed E-state index contributed by atoms with van der Waals surface area (Å²) in [5.41, 5.74) is 0. The Hall–Kier alpha value is -0.0105. The quantitative estimate of drug-likeness (QED) is 0.617.